The molecule has 0 atom stereocenters. The molecule has 0 fully saturated rings. The Morgan fingerprint density at radius 2 is 1.69 bits per heavy atom. The van der Waals surface area contributed by atoms with E-state index in [4.69, 9.17) is 9.57 Å². The number of hydrogen-bond donors (Lipinski definition) is 3. The van der Waals surface area contributed by atoms with E-state index in [2.05, 4.69) is 15.8 Å². The summed E-state index contributed by atoms with van der Waals surface area (Å²) in [5.41, 5.74) is 2.99. The highest BCUT2D eigenvalue weighted by atomic mass is 19.1. The zero-order chi connectivity index (χ0) is 25.7. The van der Waals surface area contributed by atoms with E-state index in [1.54, 1.807) is 31.4 Å². The van der Waals surface area contributed by atoms with Crippen LogP contribution in [0, 0.1) is 5.82 Å². The van der Waals surface area contributed by atoms with Crippen molar-refractivity contribution in [2.45, 2.75) is 13.2 Å². The summed E-state index contributed by atoms with van der Waals surface area (Å²) in [5.74, 6) is -1.72. The number of nitrogens with one attached hydrogen (secondary N) is 2. The molecular weight excluding hydrogens is 471 g/mol. The summed E-state index contributed by atoms with van der Waals surface area (Å²) < 4.78 is 18.3. The number of carbonyl (C=O) groups excluding carboxylic acids is 2. The quantitative estimate of drug-likeness (QED) is 0.254. The molecule has 0 radical (unpaired) electrons. The van der Waals surface area contributed by atoms with Crippen LogP contribution in [-0.2, 0) is 18.0 Å². The Hall–Kier alpha value is -4.77. The molecule has 0 saturated heterocycles. The molecule has 0 bridgehead atoms. The van der Waals surface area contributed by atoms with Gasteiger partial charge in [-0.05, 0) is 53.6 Å². The van der Waals surface area contributed by atoms with Crippen LogP contribution in [0.15, 0.2) is 71.5 Å². The van der Waals surface area contributed by atoms with Crippen LogP contribution in [0.2, 0.25) is 0 Å². The summed E-state index contributed by atoms with van der Waals surface area (Å²) in [6, 6.07) is 16.5. The third-order valence-electron chi connectivity index (χ3n) is 5.24. The summed E-state index contributed by atoms with van der Waals surface area (Å²) in [6.07, 6.45) is 0. The van der Waals surface area contributed by atoms with Gasteiger partial charge in [0.1, 0.15) is 11.6 Å². The minimum absolute atomic E-state index is 0.00304. The van der Waals surface area contributed by atoms with Crippen molar-refractivity contribution in [2.24, 2.45) is 0 Å². The van der Waals surface area contributed by atoms with Gasteiger partial charge >= 0.3 is 0 Å². The number of carbonyl (C=O) groups is 2. The summed E-state index contributed by atoms with van der Waals surface area (Å²) in [5, 5.41) is 12.7. The van der Waals surface area contributed by atoms with Crippen molar-refractivity contribution in [2.75, 3.05) is 7.11 Å². The van der Waals surface area contributed by atoms with Gasteiger partial charge in [0.15, 0.2) is 0 Å². The molecule has 36 heavy (non-hydrogen) atoms. The van der Waals surface area contributed by atoms with E-state index in [0.29, 0.717) is 11.3 Å². The molecule has 184 valence electrons. The number of methoxy groups -OCH3 is 1. The van der Waals surface area contributed by atoms with Gasteiger partial charge in [-0.1, -0.05) is 24.3 Å². The molecule has 0 aliphatic carbocycles. The minimum atomic E-state index is -0.880. The molecule has 0 aliphatic rings. The Morgan fingerprint density at radius 1 is 1.00 bits per heavy atom. The van der Waals surface area contributed by atoms with Crippen molar-refractivity contribution < 1.29 is 28.8 Å². The number of hydrogen-bond acceptors (Lipinski definition) is 7. The molecule has 4 rings (SSSR count). The van der Waals surface area contributed by atoms with Gasteiger partial charge < -0.3 is 15.3 Å². The van der Waals surface area contributed by atoms with E-state index in [-0.39, 0.29) is 34.3 Å². The number of ether oxygens (including phenoxy) is 1. The smallest absolute Gasteiger partial charge is 0.294 e. The highest BCUT2D eigenvalue weighted by Crippen LogP contribution is 2.14. The molecule has 4 aromatic rings. The van der Waals surface area contributed by atoms with Crippen LogP contribution in [0.5, 0.6) is 5.75 Å². The second kappa shape index (κ2) is 10.7. The number of benzene rings is 3. The molecule has 1 heterocycles. The highest BCUT2D eigenvalue weighted by Gasteiger charge is 2.18. The lowest BCUT2D eigenvalue weighted by atomic mass is 10.1. The Labute approximate surface area is 203 Å². The maximum Gasteiger partial charge on any atom is 0.294 e. The highest BCUT2D eigenvalue weighted by molar-refractivity contribution is 5.98. The third-order valence-corrected chi connectivity index (χ3v) is 5.24. The number of halogens is 1. The van der Waals surface area contributed by atoms with Crippen molar-refractivity contribution in [3.63, 3.8) is 0 Å². The SMILES string of the molecule is COc1ccc(CONC(=O)c2ccc3c(=O)n(O)c(C(=O)NCc4ccc(F)cc4)nc3c2)cc1. The fourth-order valence-electron chi connectivity index (χ4n) is 3.29. The van der Waals surface area contributed by atoms with Gasteiger partial charge in [-0.25, -0.2) is 14.9 Å². The van der Waals surface area contributed by atoms with E-state index < -0.39 is 29.0 Å². The van der Waals surface area contributed by atoms with E-state index in [1.807, 2.05) is 0 Å². The molecule has 11 heteroatoms. The van der Waals surface area contributed by atoms with Crippen molar-refractivity contribution in [1.82, 2.24) is 20.5 Å². The number of aromatic nitrogens is 2. The monoisotopic (exact) mass is 492 g/mol. The molecule has 1 aromatic heterocycles. The Bertz CT molecular complexity index is 1470. The number of hydroxylamine groups is 1. The fourth-order valence-corrected chi connectivity index (χ4v) is 3.29. The van der Waals surface area contributed by atoms with Crippen molar-refractivity contribution >= 4 is 22.7 Å². The van der Waals surface area contributed by atoms with Gasteiger partial charge in [-0.15, -0.1) is 4.73 Å². The van der Waals surface area contributed by atoms with Crippen LogP contribution in [0.25, 0.3) is 10.9 Å². The van der Waals surface area contributed by atoms with Crippen LogP contribution in [0.1, 0.15) is 32.1 Å². The first-order chi connectivity index (χ1) is 17.4. The van der Waals surface area contributed by atoms with Crippen molar-refractivity contribution in [1.29, 1.82) is 0 Å². The maximum absolute atomic E-state index is 13.0. The van der Waals surface area contributed by atoms with E-state index >= 15 is 0 Å². The largest absolute Gasteiger partial charge is 0.497 e. The maximum atomic E-state index is 13.0. The standard InChI is InChI=1S/C25H21FN4O6/c1-35-19-9-4-16(5-10-19)14-36-29-23(31)17-6-11-20-21(12-17)28-22(30(34)25(20)33)24(32)27-13-15-2-7-18(26)8-3-15/h2-12,34H,13-14H2,1H3,(H,27,32)(H,29,31). The van der Waals surface area contributed by atoms with E-state index in [9.17, 15) is 24.0 Å². The van der Waals surface area contributed by atoms with Gasteiger partial charge in [0.05, 0.1) is 24.6 Å². The number of nitrogens with zero attached hydrogens (tertiary/aromatic N) is 2. The molecule has 0 saturated carbocycles. The Kier molecular flexibility index (Phi) is 7.21. The lowest BCUT2D eigenvalue weighted by Gasteiger charge is -2.10. The van der Waals surface area contributed by atoms with Gasteiger partial charge in [0.2, 0.25) is 5.82 Å². The molecule has 3 N–H and O–H groups in total. The van der Waals surface area contributed by atoms with Gasteiger partial charge in [-0.2, -0.15) is 0 Å². The summed E-state index contributed by atoms with van der Waals surface area (Å²) in [4.78, 5) is 46.9. The van der Waals surface area contributed by atoms with Gasteiger partial charge in [-0.3, -0.25) is 19.2 Å². The topological polar surface area (TPSA) is 132 Å². The predicted molar refractivity (Wildman–Crippen MR) is 126 cm³/mol. The predicted octanol–water partition coefficient (Wildman–Crippen LogP) is 2.57. The third kappa shape index (κ3) is 5.47. The first-order valence-electron chi connectivity index (χ1n) is 10.7. The second-order valence-electron chi connectivity index (χ2n) is 7.66. The van der Waals surface area contributed by atoms with Crippen LogP contribution < -0.4 is 21.1 Å². The number of rotatable bonds is 8. The molecule has 3 aromatic carbocycles. The molecule has 0 unspecified atom stereocenters. The van der Waals surface area contributed by atoms with Crippen LogP contribution in [-0.4, -0.2) is 33.8 Å². The zero-order valence-electron chi connectivity index (χ0n) is 19.0. The Morgan fingerprint density at radius 3 is 2.39 bits per heavy atom. The average molecular weight is 492 g/mol. The number of amides is 2. The number of fused-ring (bicyclic) bond motifs is 1. The lowest BCUT2D eigenvalue weighted by molar-refractivity contribution is 0.0233. The first-order valence-corrected chi connectivity index (χ1v) is 10.7. The molecular formula is C25H21FN4O6. The van der Waals surface area contributed by atoms with E-state index in [0.717, 1.165) is 5.56 Å². The summed E-state index contributed by atoms with van der Waals surface area (Å²) >= 11 is 0. The van der Waals surface area contributed by atoms with E-state index in [1.165, 1.54) is 42.5 Å². The van der Waals surface area contributed by atoms with Crippen LogP contribution in [0.3, 0.4) is 0 Å². The molecule has 0 aliphatic heterocycles. The molecule has 10 nitrogen and oxygen atoms in total. The van der Waals surface area contributed by atoms with Crippen molar-refractivity contribution in [3.8, 4) is 5.75 Å². The van der Waals surface area contributed by atoms with Crippen LogP contribution in [0.4, 0.5) is 4.39 Å². The van der Waals surface area contributed by atoms with Gasteiger partial charge in [0.25, 0.3) is 17.4 Å². The average Bonchev–Trinajstić information content (AvgIpc) is 2.90. The fraction of sp³-hybridized carbons (Fsp3) is 0.120. The molecule has 2 amide bonds. The normalized spacial score (nSPS) is 10.7. The van der Waals surface area contributed by atoms with Crippen molar-refractivity contribution in [3.05, 3.63) is 105 Å². The second-order valence-corrected chi connectivity index (χ2v) is 7.66. The summed E-state index contributed by atoms with van der Waals surface area (Å²) in [7, 11) is 1.56. The minimum Gasteiger partial charge on any atom is -0.497 e. The van der Waals surface area contributed by atoms with Crippen LogP contribution >= 0.6 is 0 Å². The first kappa shape index (κ1) is 24.4. The zero-order valence-corrected chi connectivity index (χ0v) is 19.0. The Balaban J connectivity index is 1.47. The summed E-state index contributed by atoms with van der Waals surface area (Å²) in [6.45, 7) is 0.121. The van der Waals surface area contributed by atoms with Gasteiger partial charge in [0, 0.05) is 12.1 Å². The lowest BCUT2D eigenvalue weighted by Crippen LogP contribution is -2.33. The molecule has 0 spiro atoms.